The molecule has 0 bridgehead atoms. The van der Waals surface area contributed by atoms with E-state index < -0.39 is 0 Å². The Balaban J connectivity index is 1.76. The molecule has 2 rings (SSSR count). The molecule has 0 radical (unpaired) electrons. The van der Waals surface area contributed by atoms with Gasteiger partial charge in [0.2, 0.25) is 5.89 Å². The normalized spacial score (nSPS) is 16.9. The number of carbonyl (C=O) groups excluding carboxylic acids is 1. The summed E-state index contributed by atoms with van der Waals surface area (Å²) < 4.78 is 5.63. The van der Waals surface area contributed by atoms with Crippen molar-refractivity contribution in [3.05, 3.63) is 17.8 Å². The van der Waals surface area contributed by atoms with Gasteiger partial charge in [-0.05, 0) is 12.8 Å². The summed E-state index contributed by atoms with van der Waals surface area (Å²) in [6.07, 6.45) is 7.60. The monoisotopic (exact) mass is 279 g/mol. The zero-order valence-electron chi connectivity index (χ0n) is 12.7. The van der Waals surface area contributed by atoms with Gasteiger partial charge in [0.1, 0.15) is 5.76 Å². The molecule has 2 N–H and O–H groups in total. The van der Waals surface area contributed by atoms with Gasteiger partial charge in [0.15, 0.2) is 0 Å². The summed E-state index contributed by atoms with van der Waals surface area (Å²) in [4.78, 5) is 16.0. The second-order valence-electron chi connectivity index (χ2n) is 6.53. The molecular formula is C15H25N3O2. The third-order valence-electron chi connectivity index (χ3n) is 3.63. The number of carbonyl (C=O) groups is 1. The van der Waals surface area contributed by atoms with E-state index in [-0.39, 0.29) is 11.4 Å². The molecule has 0 aromatic carbocycles. The minimum atomic E-state index is -0.132. The van der Waals surface area contributed by atoms with E-state index in [1.807, 2.05) is 0 Å². The van der Waals surface area contributed by atoms with E-state index in [9.17, 15) is 4.79 Å². The third kappa shape index (κ3) is 4.25. The van der Waals surface area contributed by atoms with E-state index in [2.05, 4.69) is 36.4 Å². The molecule has 1 aromatic rings. The molecule has 1 aromatic heterocycles. The number of urea groups is 1. The Kier molecular flexibility index (Phi) is 4.68. The molecule has 1 aliphatic rings. The molecule has 1 aliphatic carbocycles. The van der Waals surface area contributed by atoms with Gasteiger partial charge < -0.3 is 15.1 Å². The summed E-state index contributed by atoms with van der Waals surface area (Å²) in [7, 11) is 0. The summed E-state index contributed by atoms with van der Waals surface area (Å²) in [5.74, 6) is 1.38. The topological polar surface area (TPSA) is 67.2 Å². The molecule has 1 fully saturated rings. The average molecular weight is 279 g/mol. The van der Waals surface area contributed by atoms with E-state index in [4.69, 9.17) is 4.42 Å². The van der Waals surface area contributed by atoms with Crippen molar-refractivity contribution in [1.82, 2.24) is 15.6 Å². The van der Waals surface area contributed by atoms with Crippen molar-refractivity contribution in [2.75, 3.05) is 0 Å². The van der Waals surface area contributed by atoms with E-state index >= 15 is 0 Å². The maximum absolute atomic E-state index is 11.8. The van der Waals surface area contributed by atoms with Crippen molar-refractivity contribution in [3.63, 3.8) is 0 Å². The average Bonchev–Trinajstić information content (AvgIpc) is 2.86. The van der Waals surface area contributed by atoms with Crippen molar-refractivity contribution < 1.29 is 9.21 Å². The maximum Gasteiger partial charge on any atom is 0.315 e. The van der Waals surface area contributed by atoms with Crippen LogP contribution in [-0.2, 0) is 12.0 Å². The van der Waals surface area contributed by atoms with E-state index in [1.54, 1.807) is 6.20 Å². The van der Waals surface area contributed by atoms with Crippen LogP contribution in [0.5, 0.6) is 0 Å². The first-order valence-electron chi connectivity index (χ1n) is 7.45. The van der Waals surface area contributed by atoms with Gasteiger partial charge in [-0.1, -0.05) is 40.0 Å². The number of nitrogens with zero attached hydrogens (tertiary/aromatic N) is 1. The highest BCUT2D eigenvalue weighted by molar-refractivity contribution is 5.74. The lowest BCUT2D eigenvalue weighted by atomic mass is 9.94. The first kappa shape index (κ1) is 14.9. The fourth-order valence-electron chi connectivity index (χ4n) is 2.38. The zero-order chi connectivity index (χ0) is 14.6. The SMILES string of the molecule is CC(C)(C)c1cnc(CNC(=O)NC2CCCCC2)o1. The number of hydrogen-bond donors (Lipinski definition) is 2. The van der Waals surface area contributed by atoms with E-state index in [0.29, 0.717) is 18.5 Å². The van der Waals surface area contributed by atoms with E-state index in [0.717, 1.165) is 18.6 Å². The Morgan fingerprint density at radius 2 is 2.05 bits per heavy atom. The van der Waals surface area contributed by atoms with Gasteiger partial charge in [-0.2, -0.15) is 0 Å². The van der Waals surface area contributed by atoms with Gasteiger partial charge in [0.05, 0.1) is 12.7 Å². The summed E-state index contributed by atoms with van der Waals surface area (Å²) >= 11 is 0. The minimum absolute atomic E-state index is 0.0599. The van der Waals surface area contributed by atoms with Gasteiger partial charge in [0, 0.05) is 11.5 Å². The second kappa shape index (κ2) is 6.29. The molecule has 1 saturated carbocycles. The third-order valence-corrected chi connectivity index (χ3v) is 3.63. The van der Waals surface area contributed by atoms with Crippen LogP contribution >= 0.6 is 0 Å². The summed E-state index contributed by atoms with van der Waals surface area (Å²) in [6.45, 7) is 6.54. The zero-order valence-corrected chi connectivity index (χ0v) is 12.7. The van der Waals surface area contributed by atoms with Gasteiger partial charge >= 0.3 is 6.03 Å². The highest BCUT2D eigenvalue weighted by atomic mass is 16.4. The molecule has 0 unspecified atom stereocenters. The lowest BCUT2D eigenvalue weighted by Crippen LogP contribution is -2.42. The lowest BCUT2D eigenvalue weighted by Gasteiger charge is -2.22. The Morgan fingerprint density at radius 1 is 1.35 bits per heavy atom. The van der Waals surface area contributed by atoms with E-state index in [1.165, 1.54) is 19.3 Å². The van der Waals surface area contributed by atoms with Crippen molar-refractivity contribution in [3.8, 4) is 0 Å². The van der Waals surface area contributed by atoms with Gasteiger partial charge in [0.25, 0.3) is 0 Å². The van der Waals surface area contributed by atoms with Crippen molar-refractivity contribution in [2.45, 2.75) is 70.9 Å². The molecule has 2 amide bonds. The van der Waals surface area contributed by atoms with Crippen LogP contribution < -0.4 is 10.6 Å². The number of amides is 2. The van der Waals surface area contributed by atoms with Crippen LogP contribution in [0.2, 0.25) is 0 Å². The number of aromatic nitrogens is 1. The predicted molar refractivity (Wildman–Crippen MR) is 77.4 cm³/mol. The molecule has 0 saturated heterocycles. The molecule has 0 atom stereocenters. The summed E-state index contributed by atoms with van der Waals surface area (Å²) in [5, 5.41) is 5.81. The van der Waals surface area contributed by atoms with Gasteiger partial charge in [-0.15, -0.1) is 0 Å². The Bertz CT molecular complexity index is 442. The minimum Gasteiger partial charge on any atom is -0.443 e. The highest BCUT2D eigenvalue weighted by Gasteiger charge is 2.20. The first-order chi connectivity index (χ1) is 9.45. The Labute approximate surface area is 120 Å². The Morgan fingerprint density at radius 3 is 2.65 bits per heavy atom. The maximum atomic E-state index is 11.8. The molecule has 1 heterocycles. The molecule has 20 heavy (non-hydrogen) atoms. The molecule has 5 heteroatoms. The van der Waals surface area contributed by atoms with Crippen LogP contribution in [0.15, 0.2) is 10.6 Å². The predicted octanol–water partition coefficient (Wildman–Crippen LogP) is 3.10. The van der Waals surface area contributed by atoms with Crippen LogP contribution in [0.4, 0.5) is 4.79 Å². The summed E-state index contributed by atoms with van der Waals surface area (Å²) in [5.41, 5.74) is -0.0599. The molecular weight excluding hydrogens is 254 g/mol. The standard InChI is InChI=1S/C15H25N3O2/c1-15(2,3)12-9-16-13(20-12)10-17-14(19)18-11-7-5-4-6-8-11/h9,11H,4-8,10H2,1-3H3,(H2,17,18,19). The van der Waals surface area contributed by atoms with Crippen molar-refractivity contribution in [1.29, 1.82) is 0 Å². The summed E-state index contributed by atoms with van der Waals surface area (Å²) in [6, 6.07) is 0.186. The number of rotatable bonds is 3. The smallest absolute Gasteiger partial charge is 0.315 e. The van der Waals surface area contributed by atoms with Gasteiger partial charge in [-0.25, -0.2) is 9.78 Å². The van der Waals surface area contributed by atoms with Crippen LogP contribution in [0.1, 0.15) is 64.5 Å². The molecule has 5 nitrogen and oxygen atoms in total. The number of hydrogen-bond acceptors (Lipinski definition) is 3. The lowest BCUT2D eigenvalue weighted by molar-refractivity contribution is 0.230. The molecule has 0 aliphatic heterocycles. The number of oxazole rings is 1. The Hall–Kier alpha value is -1.52. The second-order valence-corrected chi connectivity index (χ2v) is 6.53. The fraction of sp³-hybridized carbons (Fsp3) is 0.733. The van der Waals surface area contributed by atoms with Crippen molar-refractivity contribution in [2.24, 2.45) is 0 Å². The molecule has 0 spiro atoms. The first-order valence-corrected chi connectivity index (χ1v) is 7.45. The quantitative estimate of drug-likeness (QED) is 0.893. The number of nitrogens with one attached hydrogen (secondary N) is 2. The van der Waals surface area contributed by atoms with Crippen LogP contribution in [-0.4, -0.2) is 17.1 Å². The molecule has 112 valence electrons. The van der Waals surface area contributed by atoms with Crippen molar-refractivity contribution >= 4 is 6.03 Å². The van der Waals surface area contributed by atoms with Crippen LogP contribution in [0.3, 0.4) is 0 Å². The highest BCUT2D eigenvalue weighted by Crippen LogP contribution is 2.22. The van der Waals surface area contributed by atoms with Crippen LogP contribution in [0, 0.1) is 0 Å². The van der Waals surface area contributed by atoms with Gasteiger partial charge in [-0.3, -0.25) is 0 Å². The largest absolute Gasteiger partial charge is 0.443 e. The van der Waals surface area contributed by atoms with Crippen LogP contribution in [0.25, 0.3) is 0 Å². The fourth-order valence-corrected chi connectivity index (χ4v) is 2.38.